The molecule has 0 amide bonds. The lowest BCUT2D eigenvalue weighted by atomic mass is 10.3. The standard InChI is InChI=1S/C6H4O5.C3H8O2/c7-5(8)3-1-4(6(9)10)11-2-3;4-2-1-3-5/h1-2H,(H,7,8)(H,9,10);4-5H,1-3H2. The van der Waals surface area contributed by atoms with Crippen molar-refractivity contribution in [2.75, 3.05) is 13.2 Å². The van der Waals surface area contributed by atoms with Crippen LogP contribution in [0.5, 0.6) is 0 Å². The van der Waals surface area contributed by atoms with Gasteiger partial charge < -0.3 is 24.8 Å². The zero-order valence-corrected chi connectivity index (χ0v) is 8.29. The molecular weight excluding hydrogens is 220 g/mol. The number of aliphatic hydroxyl groups is 2. The number of aliphatic hydroxyl groups excluding tert-OH is 2. The highest BCUT2D eigenvalue weighted by Crippen LogP contribution is 2.06. The molecule has 7 heteroatoms. The average Bonchev–Trinajstić information content (AvgIpc) is 2.68. The Morgan fingerprint density at radius 3 is 1.88 bits per heavy atom. The summed E-state index contributed by atoms with van der Waals surface area (Å²) < 4.78 is 4.41. The highest BCUT2D eigenvalue weighted by atomic mass is 16.4. The molecule has 0 saturated heterocycles. The first kappa shape index (κ1) is 14.1. The predicted octanol–water partition coefficient (Wildman–Crippen LogP) is 0.0371. The van der Waals surface area contributed by atoms with E-state index in [1.807, 2.05) is 0 Å². The number of hydrogen-bond donors (Lipinski definition) is 4. The molecule has 0 spiro atoms. The van der Waals surface area contributed by atoms with Gasteiger partial charge in [0.1, 0.15) is 6.26 Å². The first-order chi connectivity index (χ1) is 7.52. The first-order valence-electron chi connectivity index (χ1n) is 4.29. The van der Waals surface area contributed by atoms with Crippen LogP contribution in [0.25, 0.3) is 0 Å². The fraction of sp³-hybridized carbons (Fsp3) is 0.333. The summed E-state index contributed by atoms with van der Waals surface area (Å²) in [5.74, 6) is -2.86. The highest BCUT2D eigenvalue weighted by Gasteiger charge is 2.12. The third-order valence-corrected chi connectivity index (χ3v) is 1.37. The summed E-state index contributed by atoms with van der Waals surface area (Å²) in [5.41, 5.74) is -0.164. The van der Waals surface area contributed by atoms with Crippen LogP contribution >= 0.6 is 0 Å². The number of furan rings is 1. The van der Waals surface area contributed by atoms with E-state index >= 15 is 0 Å². The summed E-state index contributed by atoms with van der Waals surface area (Å²) in [6, 6.07) is 0.949. The topological polar surface area (TPSA) is 128 Å². The second kappa shape index (κ2) is 7.43. The van der Waals surface area contributed by atoms with E-state index in [4.69, 9.17) is 20.4 Å². The minimum atomic E-state index is -1.28. The fourth-order valence-electron chi connectivity index (χ4n) is 0.631. The summed E-state index contributed by atoms with van der Waals surface area (Å²) in [6.07, 6.45) is 1.38. The number of aromatic carboxylic acids is 2. The van der Waals surface area contributed by atoms with Gasteiger partial charge in [-0.15, -0.1) is 0 Å². The molecule has 0 atom stereocenters. The maximum atomic E-state index is 10.2. The van der Waals surface area contributed by atoms with Gasteiger partial charge in [-0.3, -0.25) is 0 Å². The normalized spacial score (nSPS) is 9.12. The molecule has 1 aromatic heterocycles. The molecule has 0 saturated carbocycles. The minimum Gasteiger partial charge on any atom is -0.478 e. The number of carboxylic acid groups (broad SMARTS) is 2. The molecule has 1 rings (SSSR count). The zero-order chi connectivity index (χ0) is 12.6. The predicted molar refractivity (Wildman–Crippen MR) is 51.4 cm³/mol. The van der Waals surface area contributed by atoms with Crippen molar-refractivity contribution in [2.24, 2.45) is 0 Å². The van der Waals surface area contributed by atoms with Crippen molar-refractivity contribution in [3.63, 3.8) is 0 Å². The maximum Gasteiger partial charge on any atom is 0.371 e. The first-order valence-corrected chi connectivity index (χ1v) is 4.29. The Kier molecular flexibility index (Phi) is 6.57. The molecule has 7 nitrogen and oxygen atoms in total. The van der Waals surface area contributed by atoms with E-state index in [0.29, 0.717) is 6.42 Å². The molecule has 0 aliphatic rings. The molecule has 1 heterocycles. The maximum absolute atomic E-state index is 10.2. The molecule has 16 heavy (non-hydrogen) atoms. The summed E-state index contributed by atoms with van der Waals surface area (Å²) in [4.78, 5) is 20.3. The average molecular weight is 232 g/mol. The van der Waals surface area contributed by atoms with Crippen molar-refractivity contribution in [1.82, 2.24) is 0 Å². The lowest BCUT2D eigenvalue weighted by Gasteiger charge is -1.80. The van der Waals surface area contributed by atoms with Crippen LogP contribution in [0.4, 0.5) is 0 Å². The molecule has 0 radical (unpaired) electrons. The Morgan fingerprint density at radius 2 is 1.69 bits per heavy atom. The van der Waals surface area contributed by atoms with E-state index in [-0.39, 0.29) is 24.5 Å². The van der Waals surface area contributed by atoms with Crippen LogP contribution in [0.3, 0.4) is 0 Å². The van der Waals surface area contributed by atoms with Crippen molar-refractivity contribution >= 4 is 11.9 Å². The fourth-order valence-corrected chi connectivity index (χ4v) is 0.631. The van der Waals surface area contributed by atoms with Gasteiger partial charge in [-0.2, -0.15) is 0 Å². The van der Waals surface area contributed by atoms with Crippen LogP contribution in [-0.4, -0.2) is 45.6 Å². The summed E-state index contributed by atoms with van der Waals surface area (Å²) in [7, 11) is 0. The Morgan fingerprint density at radius 1 is 1.12 bits per heavy atom. The van der Waals surface area contributed by atoms with E-state index in [2.05, 4.69) is 4.42 Å². The van der Waals surface area contributed by atoms with Gasteiger partial charge in [-0.25, -0.2) is 9.59 Å². The largest absolute Gasteiger partial charge is 0.478 e. The molecule has 0 bridgehead atoms. The van der Waals surface area contributed by atoms with Gasteiger partial charge >= 0.3 is 11.9 Å². The van der Waals surface area contributed by atoms with Crippen LogP contribution in [0, 0.1) is 0 Å². The van der Waals surface area contributed by atoms with Crippen molar-refractivity contribution in [3.05, 3.63) is 23.7 Å². The lowest BCUT2D eigenvalue weighted by Crippen LogP contribution is -1.94. The Bertz CT molecular complexity index is 311. The molecule has 0 aliphatic heterocycles. The van der Waals surface area contributed by atoms with E-state index in [1.165, 1.54) is 0 Å². The van der Waals surface area contributed by atoms with Crippen molar-refractivity contribution < 1.29 is 34.4 Å². The molecule has 4 N–H and O–H groups in total. The number of hydrogen-bond acceptors (Lipinski definition) is 5. The summed E-state index contributed by atoms with van der Waals surface area (Å²) in [5, 5.41) is 32.4. The van der Waals surface area contributed by atoms with E-state index in [0.717, 1.165) is 12.3 Å². The van der Waals surface area contributed by atoms with Gasteiger partial charge in [0.15, 0.2) is 0 Å². The number of carbonyl (C=O) groups is 2. The van der Waals surface area contributed by atoms with Gasteiger partial charge in [0.2, 0.25) is 5.76 Å². The van der Waals surface area contributed by atoms with E-state index in [9.17, 15) is 9.59 Å². The molecule has 0 unspecified atom stereocenters. The van der Waals surface area contributed by atoms with Crippen LogP contribution in [0.15, 0.2) is 16.7 Å². The molecule has 0 aromatic carbocycles. The number of carboxylic acids is 2. The number of rotatable bonds is 4. The molecule has 1 aromatic rings. The van der Waals surface area contributed by atoms with Crippen molar-refractivity contribution in [2.45, 2.75) is 6.42 Å². The second-order valence-corrected chi connectivity index (χ2v) is 2.61. The van der Waals surface area contributed by atoms with E-state index in [1.54, 1.807) is 0 Å². The lowest BCUT2D eigenvalue weighted by molar-refractivity contribution is 0.0659. The van der Waals surface area contributed by atoms with Gasteiger partial charge in [0.25, 0.3) is 0 Å². The molecule has 0 aliphatic carbocycles. The third kappa shape index (κ3) is 5.13. The minimum absolute atomic E-state index is 0.0938. The van der Waals surface area contributed by atoms with Gasteiger partial charge in [-0.1, -0.05) is 0 Å². The SMILES string of the molecule is O=C(O)c1coc(C(=O)O)c1.OCCCO. The molecular formula is C9H12O7. The zero-order valence-electron chi connectivity index (χ0n) is 8.29. The Labute approximate surface area is 90.6 Å². The Balaban J connectivity index is 0.000000385. The monoisotopic (exact) mass is 232 g/mol. The smallest absolute Gasteiger partial charge is 0.371 e. The van der Waals surface area contributed by atoms with Gasteiger partial charge in [0.05, 0.1) is 5.56 Å². The van der Waals surface area contributed by atoms with Crippen LogP contribution in [0.2, 0.25) is 0 Å². The van der Waals surface area contributed by atoms with Crippen LogP contribution < -0.4 is 0 Å². The van der Waals surface area contributed by atoms with E-state index < -0.39 is 11.9 Å². The highest BCUT2D eigenvalue weighted by molar-refractivity contribution is 5.91. The van der Waals surface area contributed by atoms with Crippen molar-refractivity contribution in [3.8, 4) is 0 Å². The summed E-state index contributed by atoms with van der Waals surface area (Å²) >= 11 is 0. The molecule has 90 valence electrons. The van der Waals surface area contributed by atoms with Crippen molar-refractivity contribution in [1.29, 1.82) is 0 Å². The van der Waals surface area contributed by atoms with Gasteiger partial charge in [-0.05, 0) is 6.42 Å². The third-order valence-electron chi connectivity index (χ3n) is 1.37. The summed E-state index contributed by atoms with van der Waals surface area (Å²) in [6.45, 7) is 0.188. The second-order valence-electron chi connectivity index (χ2n) is 2.61. The Hall–Kier alpha value is -1.86. The van der Waals surface area contributed by atoms with Gasteiger partial charge in [0, 0.05) is 19.3 Å². The van der Waals surface area contributed by atoms with Crippen LogP contribution in [0.1, 0.15) is 27.3 Å². The quantitative estimate of drug-likeness (QED) is 0.576. The van der Waals surface area contributed by atoms with Crippen LogP contribution in [-0.2, 0) is 0 Å². The molecule has 0 fully saturated rings.